The number of nitrogens with zero attached hydrogens (tertiary/aromatic N) is 6. The summed E-state index contributed by atoms with van der Waals surface area (Å²) in [6, 6.07) is 1.28. The Kier molecular flexibility index (Phi) is 3.95. The molecule has 0 bridgehead atoms. The van der Waals surface area contributed by atoms with Crippen LogP contribution in [0, 0.1) is 0 Å². The zero-order chi connectivity index (χ0) is 15.4. The maximum atomic E-state index is 2.72. The van der Waals surface area contributed by atoms with Crippen molar-refractivity contribution in [3.05, 3.63) is 0 Å². The van der Waals surface area contributed by atoms with E-state index < -0.39 is 0 Å². The van der Waals surface area contributed by atoms with Crippen molar-refractivity contribution in [2.24, 2.45) is 0 Å². The summed E-state index contributed by atoms with van der Waals surface area (Å²) < 4.78 is 0. The maximum Gasteiger partial charge on any atom is 0.0943 e. The van der Waals surface area contributed by atoms with Gasteiger partial charge in [-0.05, 0) is 27.7 Å². The van der Waals surface area contributed by atoms with Crippen LogP contribution >= 0.6 is 0 Å². The molecule has 4 aliphatic heterocycles. The summed E-state index contributed by atoms with van der Waals surface area (Å²) in [4.78, 5) is 16.1. The van der Waals surface area contributed by atoms with Gasteiger partial charge in [-0.15, -0.1) is 0 Å². The lowest BCUT2D eigenvalue weighted by Gasteiger charge is -2.64. The standard InChI is InChI=1S/C16H32N6/c1-13(2)21-9-17-5-7-19-11-22(14(3)4)12-20-8-6-18(10-21)15(17)16(19)20/h13-16H,5-12H2,1-4H3. The topological polar surface area (TPSA) is 19.4 Å². The fourth-order valence-electron chi connectivity index (χ4n) is 4.55. The molecule has 4 rings (SSSR count). The zero-order valence-corrected chi connectivity index (χ0v) is 14.6. The largest absolute Gasteiger partial charge is 0.275 e. The number of piperazine rings is 2. The van der Waals surface area contributed by atoms with Gasteiger partial charge in [-0.25, -0.2) is 0 Å². The summed E-state index contributed by atoms with van der Waals surface area (Å²) in [6.07, 6.45) is 1.21. The molecule has 0 amide bonds. The molecule has 4 fully saturated rings. The predicted octanol–water partition coefficient (Wildman–Crippen LogP) is 0.152. The molecule has 0 radical (unpaired) electrons. The van der Waals surface area contributed by atoms with Crippen LogP contribution in [0.4, 0.5) is 0 Å². The van der Waals surface area contributed by atoms with Crippen LogP contribution < -0.4 is 0 Å². The molecule has 0 saturated carbocycles. The minimum absolute atomic E-state index is 0.604. The monoisotopic (exact) mass is 308 g/mol. The van der Waals surface area contributed by atoms with E-state index in [-0.39, 0.29) is 0 Å². The Morgan fingerprint density at radius 2 is 0.818 bits per heavy atom. The first kappa shape index (κ1) is 15.3. The van der Waals surface area contributed by atoms with Gasteiger partial charge in [0.1, 0.15) is 0 Å². The van der Waals surface area contributed by atoms with Crippen molar-refractivity contribution in [1.82, 2.24) is 29.4 Å². The molecular formula is C16H32N6. The van der Waals surface area contributed by atoms with Crippen molar-refractivity contribution in [3.63, 3.8) is 0 Å². The van der Waals surface area contributed by atoms with Gasteiger partial charge in [-0.1, -0.05) is 0 Å². The van der Waals surface area contributed by atoms with Crippen molar-refractivity contribution in [2.45, 2.75) is 52.1 Å². The first-order valence-corrected chi connectivity index (χ1v) is 8.99. The Balaban J connectivity index is 1.56. The summed E-state index contributed by atoms with van der Waals surface area (Å²) in [5.41, 5.74) is 0. The third-order valence-corrected chi connectivity index (χ3v) is 6.03. The van der Waals surface area contributed by atoms with Crippen LogP contribution in [0.5, 0.6) is 0 Å². The fourth-order valence-corrected chi connectivity index (χ4v) is 4.55. The van der Waals surface area contributed by atoms with Crippen molar-refractivity contribution in [3.8, 4) is 0 Å². The van der Waals surface area contributed by atoms with Crippen molar-refractivity contribution in [1.29, 1.82) is 0 Å². The Morgan fingerprint density at radius 3 is 1.05 bits per heavy atom. The van der Waals surface area contributed by atoms with Gasteiger partial charge >= 0.3 is 0 Å². The second-order valence-electron chi connectivity index (χ2n) is 8.01. The summed E-state index contributed by atoms with van der Waals surface area (Å²) in [5.74, 6) is 0. The van der Waals surface area contributed by atoms with Crippen molar-refractivity contribution in [2.75, 3.05) is 52.9 Å². The van der Waals surface area contributed by atoms with Crippen LogP contribution in [0.2, 0.25) is 0 Å². The molecule has 4 heterocycles. The molecular weight excluding hydrogens is 276 g/mol. The zero-order valence-electron chi connectivity index (χ0n) is 14.6. The van der Waals surface area contributed by atoms with Crippen molar-refractivity contribution < 1.29 is 0 Å². The van der Waals surface area contributed by atoms with E-state index in [2.05, 4.69) is 57.1 Å². The molecule has 0 aliphatic carbocycles. The first-order valence-electron chi connectivity index (χ1n) is 8.99. The lowest BCUT2D eigenvalue weighted by atomic mass is 10.1. The van der Waals surface area contributed by atoms with E-state index in [1.807, 2.05) is 0 Å². The highest BCUT2D eigenvalue weighted by Crippen LogP contribution is 2.33. The van der Waals surface area contributed by atoms with Gasteiger partial charge in [0.05, 0.1) is 39.0 Å². The van der Waals surface area contributed by atoms with E-state index in [4.69, 9.17) is 0 Å². The molecule has 0 unspecified atom stereocenters. The normalized spacial score (nSPS) is 36.3. The van der Waals surface area contributed by atoms with Crippen LogP contribution in [-0.2, 0) is 0 Å². The van der Waals surface area contributed by atoms with Gasteiger partial charge in [0.25, 0.3) is 0 Å². The maximum absolute atomic E-state index is 2.72. The van der Waals surface area contributed by atoms with E-state index in [0.717, 1.165) is 26.7 Å². The highest BCUT2D eigenvalue weighted by molar-refractivity contribution is 4.99. The summed E-state index contributed by atoms with van der Waals surface area (Å²) in [5, 5.41) is 0. The van der Waals surface area contributed by atoms with E-state index in [1.165, 1.54) is 26.2 Å². The fraction of sp³-hybridized carbons (Fsp3) is 1.00. The average Bonchev–Trinajstić information content (AvgIpc) is 2.51. The second kappa shape index (κ2) is 5.69. The van der Waals surface area contributed by atoms with Gasteiger partial charge in [0, 0.05) is 38.3 Å². The van der Waals surface area contributed by atoms with Crippen molar-refractivity contribution >= 4 is 0 Å². The van der Waals surface area contributed by atoms with Gasteiger partial charge in [0.2, 0.25) is 0 Å². The average molecular weight is 308 g/mol. The first-order chi connectivity index (χ1) is 10.5. The van der Waals surface area contributed by atoms with E-state index >= 15 is 0 Å². The Hall–Kier alpha value is -0.240. The van der Waals surface area contributed by atoms with Crippen LogP contribution in [0.25, 0.3) is 0 Å². The third-order valence-electron chi connectivity index (χ3n) is 6.03. The molecule has 126 valence electrons. The Bertz CT molecular complexity index is 347. The highest BCUT2D eigenvalue weighted by Gasteiger charge is 2.51. The molecule has 0 atom stereocenters. The lowest BCUT2D eigenvalue weighted by Crippen LogP contribution is -2.81. The number of hydrogen-bond acceptors (Lipinski definition) is 6. The third kappa shape index (κ3) is 2.41. The smallest absolute Gasteiger partial charge is 0.0943 e. The van der Waals surface area contributed by atoms with Gasteiger partial charge in [-0.3, -0.25) is 29.4 Å². The summed E-state index contributed by atoms with van der Waals surface area (Å²) >= 11 is 0. The summed E-state index contributed by atoms with van der Waals surface area (Å²) in [6.45, 7) is 18.7. The molecule has 0 aromatic carbocycles. The van der Waals surface area contributed by atoms with Gasteiger partial charge in [-0.2, -0.15) is 0 Å². The molecule has 0 spiro atoms. The second-order valence-corrected chi connectivity index (χ2v) is 8.01. The highest BCUT2D eigenvalue weighted by atomic mass is 15.6. The Labute approximate surface area is 135 Å². The predicted molar refractivity (Wildman–Crippen MR) is 87.8 cm³/mol. The number of rotatable bonds is 2. The van der Waals surface area contributed by atoms with E-state index in [0.29, 0.717) is 24.4 Å². The SMILES string of the molecule is CC(C)N1CN2CCN3CN(C(C)C)CN4CCN(C1)C2C34. The molecule has 22 heavy (non-hydrogen) atoms. The molecule has 0 aromatic heterocycles. The molecule has 4 saturated heterocycles. The van der Waals surface area contributed by atoms with E-state index in [9.17, 15) is 0 Å². The molecule has 6 heteroatoms. The molecule has 0 N–H and O–H groups in total. The number of hydrogen-bond donors (Lipinski definition) is 0. The van der Waals surface area contributed by atoms with Crippen LogP contribution in [0.1, 0.15) is 27.7 Å². The molecule has 4 aliphatic rings. The summed E-state index contributed by atoms with van der Waals surface area (Å²) in [7, 11) is 0. The quantitative estimate of drug-likeness (QED) is 0.718. The lowest BCUT2D eigenvalue weighted by molar-refractivity contribution is -0.240. The minimum atomic E-state index is 0.604. The van der Waals surface area contributed by atoms with Crippen LogP contribution in [0.3, 0.4) is 0 Å². The van der Waals surface area contributed by atoms with Crippen LogP contribution in [-0.4, -0.2) is 107 Å². The minimum Gasteiger partial charge on any atom is -0.275 e. The van der Waals surface area contributed by atoms with E-state index in [1.54, 1.807) is 0 Å². The van der Waals surface area contributed by atoms with Crippen LogP contribution in [0.15, 0.2) is 0 Å². The van der Waals surface area contributed by atoms with Gasteiger partial charge < -0.3 is 0 Å². The molecule has 6 nitrogen and oxygen atoms in total. The Morgan fingerprint density at radius 1 is 0.545 bits per heavy atom. The molecule has 0 aromatic rings. The van der Waals surface area contributed by atoms with Gasteiger partial charge in [0.15, 0.2) is 0 Å².